The van der Waals surface area contributed by atoms with Gasteiger partial charge in [-0.05, 0) is 60.6 Å². The molecule has 16 heteroatoms. The molecule has 4 atom stereocenters. The first-order chi connectivity index (χ1) is 24.8. The van der Waals surface area contributed by atoms with Gasteiger partial charge in [-0.2, -0.15) is 12.6 Å². The number of aliphatic carboxylic acids is 1. The van der Waals surface area contributed by atoms with Gasteiger partial charge in [0.25, 0.3) is 0 Å². The molecule has 1 aromatic heterocycles. The average molecular weight is 753 g/mol. The van der Waals surface area contributed by atoms with Gasteiger partial charge in [0.15, 0.2) is 0 Å². The monoisotopic (exact) mass is 752 g/mol. The van der Waals surface area contributed by atoms with Gasteiger partial charge in [-0.15, -0.1) is 12.3 Å². The fourth-order valence-electron chi connectivity index (χ4n) is 5.11. The van der Waals surface area contributed by atoms with Gasteiger partial charge < -0.3 is 26.0 Å². The Hall–Kier alpha value is -4.66. The van der Waals surface area contributed by atoms with Crippen molar-refractivity contribution < 1.29 is 39.3 Å². The number of hydrogen-bond acceptors (Lipinski definition) is 13. The van der Waals surface area contributed by atoms with Gasteiger partial charge in [-0.1, -0.05) is 50.1 Å². The maximum atomic E-state index is 13.1. The molecular formula is C36H44N6O8S2. The first-order valence-corrected chi connectivity index (χ1v) is 18.0. The number of aromatic hydroxyl groups is 2. The molecular weight excluding hydrogens is 709 g/mol. The van der Waals surface area contributed by atoms with Crippen molar-refractivity contribution in [1.82, 2.24) is 31.2 Å². The second-order valence-electron chi connectivity index (χ2n) is 12.3. The Morgan fingerprint density at radius 1 is 0.981 bits per heavy atom. The van der Waals surface area contributed by atoms with E-state index in [1.165, 1.54) is 24.1 Å². The van der Waals surface area contributed by atoms with Crippen molar-refractivity contribution in [2.75, 3.05) is 18.8 Å². The Labute approximate surface area is 311 Å². The molecule has 0 spiro atoms. The van der Waals surface area contributed by atoms with Crippen LogP contribution in [-0.2, 0) is 30.4 Å². The molecule has 3 aromatic rings. The number of nitrogens with zero attached hydrogens (tertiary/aromatic N) is 1. The number of terminal acetylenes is 1. The highest BCUT2D eigenvalue weighted by atomic mass is 32.2. The number of nitrogens with one attached hydrogen (secondary N) is 5. The van der Waals surface area contributed by atoms with Crippen LogP contribution in [0.5, 0.6) is 11.5 Å². The molecule has 0 saturated carbocycles. The number of rotatable bonds is 22. The van der Waals surface area contributed by atoms with Gasteiger partial charge in [0.1, 0.15) is 29.1 Å². The van der Waals surface area contributed by atoms with Crippen molar-refractivity contribution in [2.45, 2.75) is 62.9 Å². The fourth-order valence-corrected chi connectivity index (χ4v) is 6.58. The van der Waals surface area contributed by atoms with Crippen LogP contribution in [-0.4, -0.2) is 86.6 Å². The summed E-state index contributed by atoms with van der Waals surface area (Å²) >= 11 is 5.46. The van der Waals surface area contributed by atoms with E-state index in [2.05, 4.69) is 49.7 Å². The van der Waals surface area contributed by atoms with Crippen LogP contribution in [0, 0.1) is 18.3 Å². The number of carbonyl (C=O) groups is 5. The minimum atomic E-state index is -1.18. The number of Topliss-reactive ketones (excluding diaryl/α,β-unsaturated/α-hetero) is 2. The molecule has 2 aromatic carbocycles. The highest BCUT2D eigenvalue weighted by molar-refractivity contribution is 7.97. The number of phenolic OH excluding ortho intramolecular Hbond substituents is 2. The second-order valence-corrected chi connectivity index (χ2v) is 13.7. The van der Waals surface area contributed by atoms with Crippen LogP contribution in [0.4, 0.5) is 0 Å². The third kappa shape index (κ3) is 12.8. The Bertz CT molecular complexity index is 1750. The lowest BCUT2D eigenvalue weighted by molar-refractivity contribution is -0.142. The van der Waals surface area contributed by atoms with Crippen molar-refractivity contribution in [3.63, 3.8) is 0 Å². The molecule has 0 saturated heterocycles. The van der Waals surface area contributed by atoms with Crippen molar-refractivity contribution in [3.8, 4) is 23.8 Å². The Kier molecular flexibility index (Phi) is 16.9. The molecule has 2 unspecified atom stereocenters. The van der Waals surface area contributed by atoms with Gasteiger partial charge in [-0.3, -0.25) is 28.9 Å². The standard InChI is InChI=1S/C36H44N6O8S2/c1-4-5-8-31(24-13-14-29(44)33-25(24)7-6-15-37-33)52-42-28(20-51)34(47)30(45)18-38-32(46)19-39-41-26(17-22-9-11-23(43)12-10-22)35(48)40-27(36(49)50)16-21(2)3/h1,6-7,9-15,21,26-28,31,39,41-44,51H,5,8,16-20H2,2-3H3,(H,38,46)(H,40,48)(H,49,50)/t26-,27?,28-,31?/m0/s1. The minimum Gasteiger partial charge on any atom is -0.508 e. The number of hydrazine groups is 1. The summed E-state index contributed by atoms with van der Waals surface area (Å²) in [5.74, 6) is -1.46. The number of phenols is 2. The number of carboxylic acids is 1. The third-order valence-corrected chi connectivity index (χ3v) is 9.35. The Balaban J connectivity index is 1.56. The van der Waals surface area contributed by atoms with Gasteiger partial charge in [0, 0.05) is 29.0 Å². The van der Waals surface area contributed by atoms with Gasteiger partial charge in [0.05, 0.1) is 19.1 Å². The van der Waals surface area contributed by atoms with Crippen LogP contribution in [0.1, 0.15) is 49.5 Å². The van der Waals surface area contributed by atoms with E-state index >= 15 is 0 Å². The summed E-state index contributed by atoms with van der Waals surface area (Å²) in [5, 5.41) is 34.8. The van der Waals surface area contributed by atoms with E-state index in [9.17, 15) is 39.3 Å². The summed E-state index contributed by atoms with van der Waals surface area (Å²) in [6.45, 7) is 2.68. The van der Waals surface area contributed by atoms with Crippen molar-refractivity contribution in [1.29, 1.82) is 0 Å². The maximum Gasteiger partial charge on any atom is 0.326 e. The highest BCUT2D eigenvalue weighted by Gasteiger charge is 2.28. The first kappa shape index (κ1) is 41.8. The quantitative estimate of drug-likeness (QED) is 0.0237. The summed E-state index contributed by atoms with van der Waals surface area (Å²) in [6.07, 6.45) is 8.34. The van der Waals surface area contributed by atoms with E-state index in [0.717, 1.165) is 10.9 Å². The molecule has 8 N–H and O–H groups in total. The zero-order valence-electron chi connectivity index (χ0n) is 28.8. The third-order valence-electron chi connectivity index (χ3n) is 7.79. The van der Waals surface area contributed by atoms with Crippen LogP contribution in [0.2, 0.25) is 0 Å². The number of ketones is 2. The molecule has 0 radical (unpaired) electrons. The largest absolute Gasteiger partial charge is 0.508 e. The lowest BCUT2D eigenvalue weighted by Gasteiger charge is -2.23. The molecule has 14 nitrogen and oxygen atoms in total. The van der Waals surface area contributed by atoms with E-state index in [-0.39, 0.29) is 41.3 Å². The summed E-state index contributed by atoms with van der Waals surface area (Å²) in [7, 11) is 0. The number of carbonyl (C=O) groups excluding carboxylic acids is 4. The normalized spacial score (nSPS) is 13.4. The van der Waals surface area contributed by atoms with Crippen LogP contribution < -0.4 is 26.2 Å². The van der Waals surface area contributed by atoms with E-state index < -0.39 is 60.6 Å². The number of thiol groups is 1. The molecule has 0 aliphatic heterocycles. The predicted molar refractivity (Wildman–Crippen MR) is 201 cm³/mol. The van der Waals surface area contributed by atoms with Crippen molar-refractivity contribution in [2.24, 2.45) is 5.92 Å². The summed E-state index contributed by atoms with van der Waals surface area (Å²) < 4.78 is 3.03. The molecule has 0 bridgehead atoms. The van der Waals surface area contributed by atoms with Crippen molar-refractivity contribution in [3.05, 3.63) is 65.9 Å². The fraction of sp³-hybridized carbons (Fsp3) is 0.389. The number of benzene rings is 2. The van der Waals surface area contributed by atoms with E-state index in [1.54, 1.807) is 36.5 Å². The lowest BCUT2D eigenvalue weighted by atomic mass is 10.0. The number of pyridine rings is 1. The van der Waals surface area contributed by atoms with Crippen LogP contribution in [0.25, 0.3) is 10.9 Å². The SMILES string of the molecule is C#CCCC(SN[C@@H](CS)C(=O)C(=O)CNC(=O)CNN[C@@H](Cc1ccc(O)cc1)C(=O)NC(CC(C)C)C(=O)O)c1ccc(O)c2ncccc12. The van der Waals surface area contributed by atoms with Gasteiger partial charge in [0.2, 0.25) is 23.4 Å². The Morgan fingerprint density at radius 2 is 1.71 bits per heavy atom. The smallest absolute Gasteiger partial charge is 0.326 e. The number of hydrogen-bond donors (Lipinski definition) is 9. The molecule has 278 valence electrons. The lowest BCUT2D eigenvalue weighted by Crippen LogP contribution is -2.56. The van der Waals surface area contributed by atoms with Gasteiger partial charge in [-0.25, -0.2) is 15.6 Å². The number of aromatic nitrogens is 1. The van der Waals surface area contributed by atoms with E-state index in [4.69, 9.17) is 6.42 Å². The predicted octanol–water partition coefficient (Wildman–Crippen LogP) is 2.21. The summed E-state index contributed by atoms with van der Waals surface area (Å²) in [6, 6.07) is 9.84. The number of carboxylic acid groups (broad SMARTS) is 1. The molecule has 2 amide bonds. The first-order valence-electron chi connectivity index (χ1n) is 16.5. The minimum absolute atomic E-state index is 0.00119. The molecule has 0 fully saturated rings. The Morgan fingerprint density at radius 3 is 2.37 bits per heavy atom. The summed E-state index contributed by atoms with van der Waals surface area (Å²) in [5.41, 5.74) is 7.27. The van der Waals surface area contributed by atoms with Crippen LogP contribution in [0.15, 0.2) is 54.7 Å². The van der Waals surface area contributed by atoms with E-state index in [1.807, 2.05) is 19.9 Å². The molecule has 1 heterocycles. The molecule has 0 aliphatic rings. The summed E-state index contributed by atoms with van der Waals surface area (Å²) in [4.78, 5) is 67.6. The number of fused-ring (bicyclic) bond motifs is 1. The van der Waals surface area contributed by atoms with Crippen LogP contribution >= 0.6 is 24.6 Å². The molecule has 3 rings (SSSR count). The van der Waals surface area contributed by atoms with Crippen LogP contribution in [0.3, 0.4) is 0 Å². The topological polar surface area (TPSA) is 219 Å². The molecule has 52 heavy (non-hydrogen) atoms. The van der Waals surface area contributed by atoms with Gasteiger partial charge >= 0.3 is 5.97 Å². The van der Waals surface area contributed by atoms with E-state index in [0.29, 0.717) is 23.9 Å². The second kappa shape index (κ2) is 21.0. The highest BCUT2D eigenvalue weighted by Crippen LogP contribution is 2.38. The maximum absolute atomic E-state index is 13.1. The zero-order valence-corrected chi connectivity index (χ0v) is 30.5. The van der Waals surface area contributed by atoms with Crippen molar-refractivity contribution >= 4 is 64.8 Å². The number of amides is 2. The average Bonchev–Trinajstić information content (AvgIpc) is 3.12. The zero-order chi connectivity index (χ0) is 38.2. The molecule has 0 aliphatic carbocycles.